The molecular weight excluding hydrogens is 478 g/mol. The maximum atomic E-state index is 12.7. The Morgan fingerprint density at radius 1 is 1.15 bits per heavy atom. The van der Waals surface area contributed by atoms with E-state index in [4.69, 9.17) is 9.47 Å². The molecule has 0 unspecified atom stereocenters. The number of carbonyl (C=O) groups is 1. The Morgan fingerprint density at radius 2 is 1.88 bits per heavy atom. The fraction of sp³-hybridized carbons (Fsp3) is 0.318. The lowest BCUT2D eigenvalue weighted by Gasteiger charge is -2.26. The van der Waals surface area contributed by atoms with Crippen LogP contribution in [-0.4, -0.2) is 72.6 Å². The number of morpholine rings is 1. The standard InChI is InChI=1S/C22H25N5O5S2/c1-26-21(16-4-3-5-18(14-16)31-2)24-25-22(26)33-15-20(28)23-17-6-8-19(9-7-17)34(29,30)27-10-12-32-13-11-27/h3-9,14H,10-13,15H2,1-2H3,(H,23,28). The number of thioether (sulfide) groups is 1. The number of amides is 1. The van der Waals surface area contributed by atoms with E-state index >= 15 is 0 Å². The highest BCUT2D eigenvalue weighted by atomic mass is 32.2. The van der Waals surface area contributed by atoms with Crippen molar-refractivity contribution in [1.82, 2.24) is 19.1 Å². The molecule has 34 heavy (non-hydrogen) atoms. The molecular formula is C22H25N5O5S2. The first kappa shape index (κ1) is 24.2. The van der Waals surface area contributed by atoms with Crippen LogP contribution in [0.4, 0.5) is 5.69 Å². The third-order valence-corrected chi connectivity index (χ3v) is 8.17. The normalized spacial score (nSPS) is 14.6. The predicted molar refractivity (Wildman–Crippen MR) is 128 cm³/mol. The van der Waals surface area contributed by atoms with E-state index < -0.39 is 10.0 Å². The number of nitrogens with one attached hydrogen (secondary N) is 1. The van der Waals surface area contributed by atoms with E-state index in [2.05, 4.69) is 15.5 Å². The van der Waals surface area contributed by atoms with E-state index in [1.165, 1.54) is 28.2 Å². The molecule has 0 saturated carbocycles. The van der Waals surface area contributed by atoms with Gasteiger partial charge in [0.1, 0.15) is 5.75 Å². The monoisotopic (exact) mass is 503 g/mol. The van der Waals surface area contributed by atoms with Gasteiger partial charge in [-0.3, -0.25) is 4.79 Å². The molecule has 12 heteroatoms. The number of rotatable bonds is 8. The third kappa shape index (κ3) is 5.41. The molecule has 0 bridgehead atoms. The minimum absolute atomic E-state index is 0.123. The Kier molecular flexibility index (Phi) is 7.51. The van der Waals surface area contributed by atoms with Gasteiger partial charge in [0.2, 0.25) is 15.9 Å². The topological polar surface area (TPSA) is 116 Å². The van der Waals surface area contributed by atoms with Gasteiger partial charge in [-0.1, -0.05) is 23.9 Å². The fourth-order valence-electron chi connectivity index (χ4n) is 3.43. The summed E-state index contributed by atoms with van der Waals surface area (Å²) in [7, 11) is -0.133. The molecule has 1 aliphatic heterocycles. The summed E-state index contributed by atoms with van der Waals surface area (Å²) in [6.45, 7) is 1.44. The van der Waals surface area contributed by atoms with Crippen molar-refractivity contribution in [3.8, 4) is 17.1 Å². The number of carbonyl (C=O) groups excluding carboxylic acids is 1. The molecule has 1 N–H and O–H groups in total. The van der Waals surface area contributed by atoms with Crippen molar-refractivity contribution in [2.45, 2.75) is 10.1 Å². The maximum absolute atomic E-state index is 12.7. The summed E-state index contributed by atoms with van der Waals surface area (Å²) in [5.41, 5.74) is 1.37. The van der Waals surface area contributed by atoms with Gasteiger partial charge in [-0.05, 0) is 36.4 Å². The van der Waals surface area contributed by atoms with Crippen LogP contribution in [0.5, 0.6) is 5.75 Å². The second-order valence-electron chi connectivity index (χ2n) is 7.47. The van der Waals surface area contributed by atoms with E-state index in [-0.39, 0.29) is 16.6 Å². The molecule has 0 atom stereocenters. The van der Waals surface area contributed by atoms with E-state index in [1.54, 1.807) is 19.2 Å². The Bertz CT molecular complexity index is 1250. The van der Waals surface area contributed by atoms with Crippen LogP contribution in [0, 0.1) is 0 Å². The average molecular weight is 504 g/mol. The summed E-state index contributed by atoms with van der Waals surface area (Å²) < 4.78 is 39.1. The van der Waals surface area contributed by atoms with Crippen molar-refractivity contribution in [2.75, 3.05) is 44.5 Å². The first-order valence-corrected chi connectivity index (χ1v) is 13.0. The lowest BCUT2D eigenvalue weighted by atomic mass is 10.2. The number of methoxy groups -OCH3 is 1. The van der Waals surface area contributed by atoms with E-state index in [0.717, 1.165) is 11.3 Å². The zero-order valence-electron chi connectivity index (χ0n) is 18.8. The van der Waals surface area contributed by atoms with Crippen molar-refractivity contribution in [3.63, 3.8) is 0 Å². The summed E-state index contributed by atoms with van der Waals surface area (Å²) in [4.78, 5) is 12.6. The Balaban J connectivity index is 1.35. The summed E-state index contributed by atoms with van der Waals surface area (Å²) in [6, 6.07) is 13.7. The van der Waals surface area contributed by atoms with Crippen LogP contribution < -0.4 is 10.1 Å². The molecule has 0 radical (unpaired) electrons. The molecule has 2 heterocycles. The number of aromatic nitrogens is 3. The van der Waals surface area contributed by atoms with Crippen LogP contribution in [0.25, 0.3) is 11.4 Å². The number of anilines is 1. The van der Waals surface area contributed by atoms with Crippen LogP contribution in [0.15, 0.2) is 58.6 Å². The van der Waals surface area contributed by atoms with Crippen molar-refractivity contribution in [3.05, 3.63) is 48.5 Å². The maximum Gasteiger partial charge on any atom is 0.243 e. The number of hydrogen-bond donors (Lipinski definition) is 1. The van der Waals surface area contributed by atoms with Crippen molar-refractivity contribution >= 4 is 33.4 Å². The van der Waals surface area contributed by atoms with Crippen molar-refractivity contribution < 1.29 is 22.7 Å². The lowest BCUT2D eigenvalue weighted by Crippen LogP contribution is -2.40. The number of benzene rings is 2. The van der Waals surface area contributed by atoms with Gasteiger partial charge in [0.25, 0.3) is 0 Å². The second kappa shape index (κ2) is 10.6. The highest BCUT2D eigenvalue weighted by molar-refractivity contribution is 7.99. The van der Waals surface area contributed by atoms with Gasteiger partial charge in [0.05, 0.1) is 31.0 Å². The molecule has 1 amide bonds. The first-order chi connectivity index (χ1) is 16.4. The number of nitrogens with zero attached hydrogens (tertiary/aromatic N) is 4. The van der Waals surface area contributed by atoms with Gasteiger partial charge >= 0.3 is 0 Å². The molecule has 1 fully saturated rings. The Morgan fingerprint density at radius 3 is 2.59 bits per heavy atom. The lowest BCUT2D eigenvalue weighted by molar-refractivity contribution is -0.113. The zero-order chi connectivity index (χ0) is 24.1. The van der Waals surface area contributed by atoms with Crippen molar-refractivity contribution in [2.24, 2.45) is 7.05 Å². The summed E-state index contributed by atoms with van der Waals surface area (Å²) in [5.74, 6) is 1.27. The van der Waals surface area contributed by atoms with E-state index in [0.29, 0.717) is 43.0 Å². The van der Waals surface area contributed by atoms with Crippen LogP contribution in [-0.2, 0) is 26.6 Å². The molecule has 1 aromatic heterocycles. The van der Waals surface area contributed by atoms with E-state index in [9.17, 15) is 13.2 Å². The molecule has 2 aromatic carbocycles. The molecule has 0 aliphatic carbocycles. The van der Waals surface area contributed by atoms with Gasteiger partial charge in [0.15, 0.2) is 11.0 Å². The second-order valence-corrected chi connectivity index (χ2v) is 10.4. The minimum atomic E-state index is -3.57. The predicted octanol–water partition coefficient (Wildman–Crippen LogP) is 2.24. The highest BCUT2D eigenvalue weighted by Gasteiger charge is 2.26. The Labute approximate surface area is 202 Å². The van der Waals surface area contributed by atoms with Crippen LogP contribution in [0.2, 0.25) is 0 Å². The van der Waals surface area contributed by atoms with Crippen LogP contribution in [0.1, 0.15) is 0 Å². The number of ether oxygens (including phenoxy) is 2. The largest absolute Gasteiger partial charge is 0.497 e. The molecule has 0 spiro atoms. The van der Waals surface area contributed by atoms with Crippen molar-refractivity contribution in [1.29, 1.82) is 0 Å². The van der Waals surface area contributed by atoms with Gasteiger partial charge in [-0.2, -0.15) is 4.31 Å². The molecule has 1 saturated heterocycles. The summed E-state index contributed by atoms with van der Waals surface area (Å²) in [6.07, 6.45) is 0. The van der Waals surface area contributed by atoms with Crippen LogP contribution in [0.3, 0.4) is 0 Å². The summed E-state index contributed by atoms with van der Waals surface area (Å²) in [5, 5.41) is 11.8. The molecule has 3 aromatic rings. The fourth-order valence-corrected chi connectivity index (χ4v) is 5.55. The quantitative estimate of drug-likeness (QED) is 0.466. The first-order valence-electron chi connectivity index (χ1n) is 10.5. The molecule has 1 aliphatic rings. The smallest absolute Gasteiger partial charge is 0.243 e. The Hall–Kier alpha value is -2.93. The molecule has 4 rings (SSSR count). The molecule has 180 valence electrons. The zero-order valence-corrected chi connectivity index (χ0v) is 20.4. The summed E-state index contributed by atoms with van der Waals surface area (Å²) >= 11 is 1.26. The van der Waals surface area contributed by atoms with E-state index in [1.807, 2.05) is 35.9 Å². The minimum Gasteiger partial charge on any atom is -0.497 e. The number of hydrogen-bond acceptors (Lipinski definition) is 8. The molecule has 10 nitrogen and oxygen atoms in total. The van der Waals surface area contributed by atoms with Gasteiger partial charge in [-0.15, -0.1) is 10.2 Å². The SMILES string of the molecule is COc1cccc(-c2nnc(SCC(=O)Nc3ccc(S(=O)(=O)N4CCOCC4)cc3)n2C)c1. The number of sulfonamides is 1. The van der Waals surface area contributed by atoms with Crippen LogP contribution >= 0.6 is 11.8 Å². The third-order valence-electron chi connectivity index (χ3n) is 5.24. The van der Waals surface area contributed by atoms with Gasteiger partial charge < -0.3 is 19.4 Å². The van der Waals surface area contributed by atoms with Gasteiger partial charge in [0, 0.05) is 31.4 Å². The van der Waals surface area contributed by atoms with Gasteiger partial charge in [-0.25, -0.2) is 8.42 Å². The highest BCUT2D eigenvalue weighted by Crippen LogP contribution is 2.26. The average Bonchev–Trinajstić information content (AvgIpc) is 3.23.